The van der Waals surface area contributed by atoms with Crippen molar-refractivity contribution in [2.24, 2.45) is 5.84 Å². The first kappa shape index (κ1) is 15.3. The molecule has 0 radical (unpaired) electrons. The first-order valence-electron chi connectivity index (χ1n) is 5.54. The average Bonchev–Trinajstić information content (AvgIpc) is 2.38. The van der Waals surface area contributed by atoms with Gasteiger partial charge in [-0.2, -0.15) is 0 Å². The number of ether oxygens (including phenoxy) is 1. The number of hydrazine groups is 1. The molecular formula is C11H17FN4O3. The van der Waals surface area contributed by atoms with Crippen LogP contribution in [0.5, 0.6) is 0 Å². The molecule has 19 heavy (non-hydrogen) atoms. The maximum Gasteiger partial charge on any atom is 0.256 e. The number of carbonyl (C=O) groups is 1. The zero-order valence-electron chi connectivity index (χ0n) is 10.8. The standard InChI is InChI=1S/C11H17FN4O3/c1-16(5-7(17)6-19-2)11(18)8-3-4-14-10(15-13)9(8)12/h3-4,7,17H,5-6,13H2,1-2H3,(H,14,15). The van der Waals surface area contributed by atoms with Gasteiger partial charge in [0.2, 0.25) is 0 Å². The molecule has 1 atom stereocenters. The van der Waals surface area contributed by atoms with E-state index in [2.05, 4.69) is 10.4 Å². The third kappa shape index (κ3) is 3.85. The Morgan fingerprint density at radius 3 is 3.00 bits per heavy atom. The van der Waals surface area contributed by atoms with Gasteiger partial charge in [0.1, 0.15) is 0 Å². The highest BCUT2D eigenvalue weighted by Crippen LogP contribution is 2.15. The second-order valence-corrected chi connectivity index (χ2v) is 3.96. The highest BCUT2D eigenvalue weighted by molar-refractivity contribution is 5.95. The number of aromatic nitrogens is 1. The van der Waals surface area contributed by atoms with E-state index in [1.807, 2.05) is 0 Å². The van der Waals surface area contributed by atoms with Crippen LogP contribution in [0.2, 0.25) is 0 Å². The fourth-order valence-corrected chi connectivity index (χ4v) is 1.56. The number of nitrogens with one attached hydrogen (secondary N) is 1. The lowest BCUT2D eigenvalue weighted by Crippen LogP contribution is -2.36. The molecular weight excluding hydrogens is 255 g/mol. The molecule has 0 saturated carbocycles. The van der Waals surface area contributed by atoms with E-state index in [4.69, 9.17) is 10.6 Å². The number of aliphatic hydroxyl groups is 1. The van der Waals surface area contributed by atoms with Crippen molar-refractivity contribution in [3.63, 3.8) is 0 Å². The Morgan fingerprint density at radius 1 is 1.74 bits per heavy atom. The lowest BCUT2D eigenvalue weighted by atomic mass is 10.2. The zero-order valence-corrected chi connectivity index (χ0v) is 10.8. The molecule has 0 saturated heterocycles. The Kier molecular flexibility index (Phi) is 5.61. The zero-order chi connectivity index (χ0) is 14.4. The van der Waals surface area contributed by atoms with E-state index < -0.39 is 17.8 Å². The number of likely N-dealkylation sites (N-methyl/N-ethyl adjacent to an activating group) is 1. The van der Waals surface area contributed by atoms with Crippen LogP contribution in [0.3, 0.4) is 0 Å². The van der Waals surface area contributed by atoms with Crippen molar-refractivity contribution < 1.29 is 19.0 Å². The average molecular weight is 272 g/mol. The van der Waals surface area contributed by atoms with E-state index in [0.717, 1.165) is 0 Å². The number of anilines is 1. The molecule has 0 aliphatic heterocycles. The van der Waals surface area contributed by atoms with Crippen LogP contribution in [0.25, 0.3) is 0 Å². The van der Waals surface area contributed by atoms with Crippen LogP contribution in [0.15, 0.2) is 12.3 Å². The van der Waals surface area contributed by atoms with Gasteiger partial charge >= 0.3 is 0 Å². The van der Waals surface area contributed by atoms with Gasteiger partial charge in [-0.1, -0.05) is 0 Å². The SMILES string of the molecule is COCC(O)CN(C)C(=O)c1ccnc(NN)c1F. The van der Waals surface area contributed by atoms with Crippen molar-refractivity contribution in [3.05, 3.63) is 23.6 Å². The van der Waals surface area contributed by atoms with Crippen molar-refractivity contribution in [1.29, 1.82) is 0 Å². The molecule has 0 aromatic carbocycles. The van der Waals surface area contributed by atoms with Gasteiger partial charge in [0, 0.05) is 26.9 Å². The maximum atomic E-state index is 13.8. The molecule has 1 rings (SSSR count). The van der Waals surface area contributed by atoms with Gasteiger partial charge in [-0.15, -0.1) is 0 Å². The van der Waals surface area contributed by atoms with Crippen molar-refractivity contribution in [3.8, 4) is 0 Å². The summed E-state index contributed by atoms with van der Waals surface area (Å²) < 4.78 is 18.6. The lowest BCUT2D eigenvalue weighted by Gasteiger charge is -2.21. The Morgan fingerprint density at radius 2 is 2.42 bits per heavy atom. The van der Waals surface area contributed by atoms with Crippen molar-refractivity contribution in [1.82, 2.24) is 9.88 Å². The predicted octanol–water partition coefficient (Wildman–Crippen LogP) is -0.414. The number of hydrogen-bond donors (Lipinski definition) is 3. The fraction of sp³-hybridized carbons (Fsp3) is 0.455. The molecule has 0 spiro atoms. The largest absolute Gasteiger partial charge is 0.389 e. The topological polar surface area (TPSA) is 101 Å². The summed E-state index contributed by atoms with van der Waals surface area (Å²) in [6.07, 6.45) is 0.432. The maximum absolute atomic E-state index is 13.8. The second kappa shape index (κ2) is 6.98. The monoisotopic (exact) mass is 272 g/mol. The summed E-state index contributed by atoms with van der Waals surface area (Å²) in [5.41, 5.74) is 1.89. The van der Waals surface area contributed by atoms with E-state index in [0.29, 0.717) is 0 Å². The van der Waals surface area contributed by atoms with Crippen molar-refractivity contribution in [2.45, 2.75) is 6.10 Å². The summed E-state index contributed by atoms with van der Waals surface area (Å²) in [5, 5.41) is 9.53. The number of nitrogens with two attached hydrogens (primary N) is 1. The van der Waals surface area contributed by atoms with E-state index >= 15 is 0 Å². The molecule has 1 heterocycles. The van der Waals surface area contributed by atoms with Gasteiger partial charge in [0.15, 0.2) is 11.6 Å². The lowest BCUT2D eigenvalue weighted by molar-refractivity contribution is 0.0378. The van der Waals surface area contributed by atoms with Crippen LogP contribution < -0.4 is 11.3 Å². The summed E-state index contributed by atoms with van der Waals surface area (Å²) in [6.45, 7) is 0.117. The van der Waals surface area contributed by atoms with E-state index in [1.165, 1.54) is 31.3 Å². The van der Waals surface area contributed by atoms with Gasteiger partial charge in [0.05, 0.1) is 18.3 Å². The third-order valence-electron chi connectivity index (χ3n) is 2.45. The van der Waals surface area contributed by atoms with Crippen LogP contribution in [-0.2, 0) is 4.74 Å². The smallest absolute Gasteiger partial charge is 0.256 e. The molecule has 1 amide bonds. The van der Waals surface area contributed by atoms with Crippen LogP contribution in [0.1, 0.15) is 10.4 Å². The highest BCUT2D eigenvalue weighted by atomic mass is 19.1. The van der Waals surface area contributed by atoms with Crippen LogP contribution >= 0.6 is 0 Å². The summed E-state index contributed by atoms with van der Waals surface area (Å²) >= 11 is 0. The number of methoxy groups -OCH3 is 1. The molecule has 0 fully saturated rings. The number of pyridine rings is 1. The van der Waals surface area contributed by atoms with Gasteiger partial charge in [-0.25, -0.2) is 15.2 Å². The van der Waals surface area contributed by atoms with Crippen LogP contribution in [0, 0.1) is 5.82 Å². The fourth-order valence-electron chi connectivity index (χ4n) is 1.56. The Hall–Kier alpha value is -1.77. The number of nitrogens with zero attached hydrogens (tertiary/aromatic N) is 2. The molecule has 0 aliphatic carbocycles. The number of nitrogen functional groups attached to an aromatic ring is 1. The molecule has 106 valence electrons. The first-order chi connectivity index (χ1) is 9.01. The minimum absolute atomic E-state index is 0.0276. The number of rotatable bonds is 6. The van der Waals surface area contributed by atoms with Crippen LogP contribution in [0.4, 0.5) is 10.2 Å². The predicted molar refractivity (Wildman–Crippen MR) is 66.8 cm³/mol. The van der Waals surface area contributed by atoms with Crippen LogP contribution in [-0.4, -0.2) is 54.3 Å². The highest BCUT2D eigenvalue weighted by Gasteiger charge is 2.20. The molecule has 1 unspecified atom stereocenters. The number of carbonyl (C=O) groups excluding carboxylic acids is 1. The summed E-state index contributed by atoms with van der Waals surface area (Å²) in [5.74, 6) is 3.46. The van der Waals surface area contributed by atoms with Gasteiger partial charge < -0.3 is 20.2 Å². The van der Waals surface area contributed by atoms with Gasteiger partial charge in [-0.05, 0) is 6.07 Å². The summed E-state index contributed by atoms with van der Waals surface area (Å²) in [4.78, 5) is 16.8. The number of amides is 1. The quantitative estimate of drug-likeness (QED) is 0.480. The number of aliphatic hydroxyl groups excluding tert-OH is 1. The molecule has 8 heteroatoms. The van der Waals surface area contributed by atoms with Gasteiger partial charge in [-0.3, -0.25) is 4.79 Å². The first-order valence-corrected chi connectivity index (χ1v) is 5.54. The van der Waals surface area contributed by atoms with Gasteiger partial charge in [0.25, 0.3) is 5.91 Å². The minimum atomic E-state index is -0.837. The third-order valence-corrected chi connectivity index (χ3v) is 2.45. The molecule has 7 nitrogen and oxygen atoms in total. The minimum Gasteiger partial charge on any atom is -0.389 e. The Labute approximate surface area is 110 Å². The molecule has 0 aliphatic rings. The summed E-state index contributed by atoms with van der Waals surface area (Å²) in [7, 11) is 2.89. The van der Waals surface area contributed by atoms with E-state index in [-0.39, 0.29) is 24.5 Å². The summed E-state index contributed by atoms with van der Waals surface area (Å²) in [6, 6.07) is 1.25. The Bertz CT molecular complexity index is 444. The van der Waals surface area contributed by atoms with E-state index in [9.17, 15) is 14.3 Å². The second-order valence-electron chi connectivity index (χ2n) is 3.96. The van der Waals surface area contributed by atoms with Crippen molar-refractivity contribution in [2.75, 3.05) is 32.7 Å². The molecule has 0 bridgehead atoms. The van der Waals surface area contributed by atoms with Crippen molar-refractivity contribution >= 4 is 11.7 Å². The number of hydrogen-bond acceptors (Lipinski definition) is 6. The number of halogens is 1. The molecule has 1 aromatic heterocycles. The molecule has 4 N–H and O–H groups in total. The van der Waals surface area contributed by atoms with E-state index in [1.54, 1.807) is 0 Å². The molecule has 1 aromatic rings. The normalized spacial score (nSPS) is 12.1. The Balaban J connectivity index is 2.82.